The van der Waals surface area contributed by atoms with Gasteiger partial charge in [-0.15, -0.1) is 0 Å². The minimum atomic E-state index is -1.16. The fraction of sp³-hybridized carbons (Fsp3) is 0.312. The second-order valence-electron chi connectivity index (χ2n) is 5.85. The SMILES string of the molecule is Cc1cc(C(C)(C)C)ccc1Oc1nccnc1C(=O)O. The first kappa shape index (κ1) is 15.0. The van der Waals surface area contributed by atoms with Crippen molar-refractivity contribution in [2.24, 2.45) is 0 Å². The Hall–Kier alpha value is -2.43. The quantitative estimate of drug-likeness (QED) is 0.933. The minimum Gasteiger partial charge on any atom is -0.476 e. The standard InChI is InChI=1S/C16H18N2O3/c1-10-9-11(16(2,3)4)5-6-12(10)21-14-13(15(19)20)17-7-8-18-14/h5-9H,1-4H3,(H,19,20). The van der Waals surface area contributed by atoms with E-state index in [2.05, 4.69) is 30.7 Å². The Balaban J connectivity index is 2.35. The first-order valence-electron chi connectivity index (χ1n) is 6.62. The maximum atomic E-state index is 11.1. The van der Waals surface area contributed by atoms with Crippen LogP contribution in [0.1, 0.15) is 42.4 Å². The van der Waals surface area contributed by atoms with Crippen molar-refractivity contribution < 1.29 is 14.6 Å². The molecule has 0 amide bonds. The second kappa shape index (κ2) is 5.52. The zero-order valence-electron chi connectivity index (χ0n) is 12.5. The van der Waals surface area contributed by atoms with Crippen LogP contribution >= 0.6 is 0 Å². The van der Waals surface area contributed by atoms with Crippen LogP contribution in [0.3, 0.4) is 0 Å². The molecule has 0 aliphatic heterocycles. The lowest BCUT2D eigenvalue weighted by atomic mass is 9.86. The minimum absolute atomic E-state index is 0.00314. The first-order valence-corrected chi connectivity index (χ1v) is 6.62. The van der Waals surface area contributed by atoms with Crippen LogP contribution in [0.2, 0.25) is 0 Å². The molecule has 1 aromatic heterocycles. The summed E-state index contributed by atoms with van der Waals surface area (Å²) in [6, 6.07) is 5.83. The summed E-state index contributed by atoms with van der Waals surface area (Å²) in [5.41, 5.74) is 1.95. The number of carboxylic acids is 1. The van der Waals surface area contributed by atoms with Crippen LogP contribution in [-0.4, -0.2) is 21.0 Å². The molecule has 1 N–H and O–H groups in total. The maximum absolute atomic E-state index is 11.1. The molecule has 5 heteroatoms. The number of aromatic carboxylic acids is 1. The molecule has 1 heterocycles. The molecule has 0 unspecified atom stereocenters. The van der Waals surface area contributed by atoms with E-state index in [1.165, 1.54) is 18.0 Å². The Morgan fingerprint density at radius 3 is 2.43 bits per heavy atom. The molecule has 5 nitrogen and oxygen atoms in total. The smallest absolute Gasteiger partial charge is 0.360 e. The molecule has 2 aromatic rings. The number of hydrogen-bond acceptors (Lipinski definition) is 4. The van der Waals surface area contributed by atoms with E-state index in [-0.39, 0.29) is 17.0 Å². The first-order chi connectivity index (χ1) is 9.79. The third kappa shape index (κ3) is 3.37. The van der Waals surface area contributed by atoms with Crippen LogP contribution < -0.4 is 4.74 Å². The summed E-state index contributed by atoms with van der Waals surface area (Å²) >= 11 is 0. The third-order valence-corrected chi connectivity index (χ3v) is 3.11. The summed E-state index contributed by atoms with van der Waals surface area (Å²) in [7, 11) is 0. The zero-order valence-corrected chi connectivity index (χ0v) is 12.5. The van der Waals surface area contributed by atoms with Gasteiger partial charge in [0.1, 0.15) is 5.75 Å². The lowest BCUT2D eigenvalue weighted by Gasteiger charge is -2.20. The fourth-order valence-corrected chi connectivity index (χ4v) is 1.88. The Labute approximate surface area is 123 Å². The van der Waals surface area contributed by atoms with Gasteiger partial charge >= 0.3 is 5.97 Å². The van der Waals surface area contributed by atoms with Crippen molar-refractivity contribution >= 4 is 5.97 Å². The van der Waals surface area contributed by atoms with Crippen LogP contribution in [0.25, 0.3) is 0 Å². The van der Waals surface area contributed by atoms with Crippen LogP contribution in [0.4, 0.5) is 0 Å². The van der Waals surface area contributed by atoms with Crippen molar-refractivity contribution in [2.45, 2.75) is 33.1 Å². The summed E-state index contributed by atoms with van der Waals surface area (Å²) in [4.78, 5) is 18.8. The number of nitrogens with zero attached hydrogens (tertiary/aromatic N) is 2. The summed E-state index contributed by atoms with van der Waals surface area (Å²) < 4.78 is 5.61. The van der Waals surface area contributed by atoms with Gasteiger partial charge in [-0.3, -0.25) is 0 Å². The van der Waals surface area contributed by atoms with Gasteiger partial charge in [0.15, 0.2) is 0 Å². The van der Waals surface area contributed by atoms with Crippen molar-refractivity contribution in [3.8, 4) is 11.6 Å². The Bertz CT molecular complexity index is 675. The van der Waals surface area contributed by atoms with Crippen LogP contribution in [-0.2, 0) is 5.41 Å². The summed E-state index contributed by atoms with van der Waals surface area (Å²) in [6.45, 7) is 8.32. The molecule has 0 aliphatic carbocycles. The molecule has 0 radical (unpaired) electrons. The lowest BCUT2D eigenvalue weighted by molar-refractivity contribution is 0.0686. The highest BCUT2D eigenvalue weighted by Crippen LogP contribution is 2.30. The Kier molecular flexibility index (Phi) is 3.93. The summed E-state index contributed by atoms with van der Waals surface area (Å²) in [5, 5.41) is 9.08. The van der Waals surface area contributed by atoms with E-state index < -0.39 is 5.97 Å². The van der Waals surface area contributed by atoms with Gasteiger partial charge in [0, 0.05) is 12.4 Å². The van der Waals surface area contributed by atoms with E-state index >= 15 is 0 Å². The summed E-state index contributed by atoms with van der Waals surface area (Å²) in [5.74, 6) is -0.593. The lowest BCUT2D eigenvalue weighted by Crippen LogP contribution is -2.11. The third-order valence-electron chi connectivity index (χ3n) is 3.11. The number of carboxylic acid groups (broad SMARTS) is 1. The Morgan fingerprint density at radius 2 is 1.86 bits per heavy atom. The van der Waals surface area contributed by atoms with Crippen molar-refractivity contribution in [3.63, 3.8) is 0 Å². The van der Waals surface area contributed by atoms with Crippen molar-refractivity contribution in [3.05, 3.63) is 47.4 Å². The number of rotatable bonds is 3. The monoisotopic (exact) mass is 286 g/mol. The second-order valence-corrected chi connectivity index (χ2v) is 5.85. The number of aryl methyl sites for hydroxylation is 1. The van der Waals surface area contributed by atoms with E-state index in [1.54, 1.807) is 0 Å². The normalized spacial score (nSPS) is 11.2. The highest BCUT2D eigenvalue weighted by atomic mass is 16.5. The van der Waals surface area contributed by atoms with Gasteiger partial charge in [0.05, 0.1) is 0 Å². The highest BCUT2D eigenvalue weighted by Gasteiger charge is 2.18. The molecule has 0 aliphatic rings. The van der Waals surface area contributed by atoms with E-state index in [0.29, 0.717) is 5.75 Å². The highest BCUT2D eigenvalue weighted by molar-refractivity contribution is 5.87. The molecule has 0 saturated heterocycles. The molecule has 0 saturated carbocycles. The summed E-state index contributed by atoms with van der Waals surface area (Å²) in [6.07, 6.45) is 2.73. The van der Waals surface area contributed by atoms with E-state index in [1.807, 2.05) is 25.1 Å². The average molecular weight is 286 g/mol. The van der Waals surface area contributed by atoms with Gasteiger partial charge in [-0.05, 0) is 29.5 Å². The molecule has 0 fully saturated rings. The molecule has 0 atom stereocenters. The fourth-order valence-electron chi connectivity index (χ4n) is 1.88. The number of benzene rings is 1. The zero-order chi connectivity index (χ0) is 15.6. The molecule has 0 bridgehead atoms. The predicted octanol–water partition coefficient (Wildman–Crippen LogP) is 3.57. The number of aromatic nitrogens is 2. The maximum Gasteiger partial charge on any atom is 0.360 e. The molecule has 2 rings (SSSR count). The van der Waals surface area contributed by atoms with Gasteiger partial charge in [-0.25, -0.2) is 14.8 Å². The van der Waals surface area contributed by atoms with E-state index in [4.69, 9.17) is 9.84 Å². The molecule has 110 valence electrons. The molecular weight excluding hydrogens is 268 g/mol. The van der Waals surface area contributed by atoms with Gasteiger partial charge in [0.25, 0.3) is 5.88 Å². The van der Waals surface area contributed by atoms with Crippen molar-refractivity contribution in [2.75, 3.05) is 0 Å². The van der Waals surface area contributed by atoms with E-state index in [0.717, 1.165) is 5.56 Å². The van der Waals surface area contributed by atoms with Crippen molar-refractivity contribution in [1.82, 2.24) is 9.97 Å². The van der Waals surface area contributed by atoms with Crippen LogP contribution in [0.15, 0.2) is 30.6 Å². The predicted molar refractivity (Wildman–Crippen MR) is 78.9 cm³/mol. The van der Waals surface area contributed by atoms with Crippen LogP contribution in [0, 0.1) is 6.92 Å². The topological polar surface area (TPSA) is 72.3 Å². The largest absolute Gasteiger partial charge is 0.476 e. The Morgan fingerprint density at radius 1 is 1.19 bits per heavy atom. The molecule has 0 spiro atoms. The van der Waals surface area contributed by atoms with Gasteiger partial charge < -0.3 is 9.84 Å². The van der Waals surface area contributed by atoms with Crippen LogP contribution in [0.5, 0.6) is 11.6 Å². The van der Waals surface area contributed by atoms with Crippen molar-refractivity contribution in [1.29, 1.82) is 0 Å². The molecule has 1 aromatic carbocycles. The number of carbonyl (C=O) groups is 1. The molecular formula is C16H18N2O3. The van der Waals surface area contributed by atoms with Gasteiger partial charge in [0.2, 0.25) is 5.69 Å². The van der Waals surface area contributed by atoms with Gasteiger partial charge in [-0.2, -0.15) is 0 Å². The van der Waals surface area contributed by atoms with E-state index in [9.17, 15) is 4.79 Å². The number of ether oxygens (including phenoxy) is 1. The molecule has 21 heavy (non-hydrogen) atoms. The average Bonchev–Trinajstić information content (AvgIpc) is 2.40. The van der Waals surface area contributed by atoms with Gasteiger partial charge in [-0.1, -0.05) is 32.9 Å². The number of hydrogen-bond donors (Lipinski definition) is 1.